The van der Waals surface area contributed by atoms with Crippen molar-refractivity contribution < 1.29 is 103 Å². The molecule has 2 rings (SSSR count). The normalized spacial score (nSPS) is 29.1. The van der Waals surface area contributed by atoms with Gasteiger partial charge >= 0.3 is 20.8 Å². The standard InChI is InChI=1S/C32H61NO22S2/c1-4-5-6-7-8-9-10-49-29-23(33-21(3)38)28(55-30-26(41)25(40)24(39)20(2)53-30)27(50-17-32(14-36,15-37)19-52-57(45,46)47)22(54-29)11-48-16-31(12-34,13-35)18-51-56(42,43)44/h20,22-30,34-37,39-41H,4-19H2,1-3H3,(H,33,38)(H,42,43,44)(H,45,46,47)/t20-,22-,23-,24+,25-,26-,27+,28+,29-,30-/m0/s1. The number of nitrogens with one attached hydrogen (secondary N) is 1. The number of unbranched alkanes of at least 4 members (excludes halogenated alkanes) is 5. The summed E-state index contributed by atoms with van der Waals surface area (Å²) < 4.78 is 109. The van der Waals surface area contributed by atoms with Crippen molar-refractivity contribution in [1.29, 1.82) is 0 Å². The van der Waals surface area contributed by atoms with Gasteiger partial charge in [0.1, 0.15) is 42.7 Å². The molecule has 0 saturated carbocycles. The van der Waals surface area contributed by atoms with E-state index in [2.05, 4.69) is 20.6 Å². The van der Waals surface area contributed by atoms with Gasteiger partial charge in [-0.05, 0) is 13.3 Å². The summed E-state index contributed by atoms with van der Waals surface area (Å²) >= 11 is 0. The predicted octanol–water partition coefficient (Wildman–Crippen LogP) is -3.21. The van der Waals surface area contributed by atoms with Crippen molar-refractivity contribution in [3.63, 3.8) is 0 Å². The van der Waals surface area contributed by atoms with Gasteiger partial charge in [0.15, 0.2) is 12.6 Å². The summed E-state index contributed by atoms with van der Waals surface area (Å²) in [5.41, 5.74) is -3.75. The Labute approximate surface area is 332 Å². The number of carbonyl (C=O) groups is 1. The highest BCUT2D eigenvalue weighted by atomic mass is 32.3. The van der Waals surface area contributed by atoms with E-state index in [1.54, 1.807) is 0 Å². The lowest BCUT2D eigenvalue weighted by Gasteiger charge is -2.49. The molecular weight excluding hydrogens is 814 g/mol. The zero-order valence-electron chi connectivity index (χ0n) is 32.2. The molecule has 0 bridgehead atoms. The Morgan fingerprint density at radius 1 is 0.702 bits per heavy atom. The summed E-state index contributed by atoms with van der Waals surface area (Å²) in [6.45, 7) is -2.99. The van der Waals surface area contributed by atoms with Crippen molar-refractivity contribution in [2.24, 2.45) is 10.8 Å². The molecule has 2 aliphatic heterocycles. The minimum atomic E-state index is -5.08. The minimum absolute atomic E-state index is 0.0966. The van der Waals surface area contributed by atoms with Gasteiger partial charge in [-0.1, -0.05) is 39.0 Å². The van der Waals surface area contributed by atoms with Crippen LogP contribution in [-0.2, 0) is 62.4 Å². The first-order chi connectivity index (χ1) is 26.7. The Balaban J connectivity index is 2.62. The van der Waals surface area contributed by atoms with Crippen LogP contribution in [0.3, 0.4) is 0 Å². The lowest BCUT2D eigenvalue weighted by atomic mass is 9.91. The van der Waals surface area contributed by atoms with Crippen LogP contribution in [-0.4, -0.2) is 195 Å². The molecule has 0 radical (unpaired) electrons. The minimum Gasteiger partial charge on any atom is -0.396 e. The van der Waals surface area contributed by atoms with Crippen molar-refractivity contribution in [2.75, 3.05) is 66.1 Å². The van der Waals surface area contributed by atoms with Gasteiger partial charge in [-0.25, -0.2) is 8.37 Å². The van der Waals surface area contributed by atoms with Gasteiger partial charge in [0.2, 0.25) is 5.91 Å². The second-order valence-electron chi connectivity index (χ2n) is 14.5. The molecule has 10 atom stereocenters. The van der Waals surface area contributed by atoms with Crippen molar-refractivity contribution in [2.45, 2.75) is 121 Å². The first kappa shape index (κ1) is 51.8. The molecule has 338 valence electrons. The van der Waals surface area contributed by atoms with Gasteiger partial charge in [0.05, 0.1) is 76.4 Å². The monoisotopic (exact) mass is 875 g/mol. The fourth-order valence-corrected chi connectivity index (χ4v) is 6.70. The molecule has 10 N–H and O–H groups in total. The third kappa shape index (κ3) is 16.9. The second-order valence-corrected chi connectivity index (χ2v) is 16.7. The number of amides is 1. The zero-order chi connectivity index (χ0) is 43.0. The molecule has 1 amide bonds. The Kier molecular flexibility index (Phi) is 22.0. The fraction of sp³-hybridized carbons (Fsp3) is 0.969. The van der Waals surface area contributed by atoms with Crippen LogP contribution in [0.15, 0.2) is 0 Å². The summed E-state index contributed by atoms with van der Waals surface area (Å²) in [5.74, 6) is -0.635. The number of carbonyl (C=O) groups excluding carboxylic acids is 1. The molecule has 2 aliphatic rings. The Hall–Kier alpha value is -1.31. The summed E-state index contributed by atoms with van der Waals surface area (Å²) in [6, 6.07) is -1.33. The number of ether oxygens (including phenoxy) is 6. The van der Waals surface area contributed by atoms with Gasteiger partial charge in [0, 0.05) is 13.5 Å². The van der Waals surface area contributed by atoms with E-state index < -0.39 is 158 Å². The van der Waals surface area contributed by atoms with Gasteiger partial charge < -0.3 is 69.5 Å². The van der Waals surface area contributed by atoms with E-state index in [1.807, 2.05) is 0 Å². The average Bonchev–Trinajstić information content (AvgIpc) is 3.15. The van der Waals surface area contributed by atoms with E-state index in [9.17, 15) is 61.9 Å². The number of hydrogen-bond donors (Lipinski definition) is 10. The number of hydrogen-bond acceptors (Lipinski definition) is 20. The molecule has 0 aromatic carbocycles. The molecule has 0 spiro atoms. The lowest BCUT2D eigenvalue weighted by molar-refractivity contribution is -0.347. The van der Waals surface area contributed by atoms with Crippen molar-refractivity contribution in [1.82, 2.24) is 5.32 Å². The molecule has 57 heavy (non-hydrogen) atoms. The number of rotatable bonds is 28. The van der Waals surface area contributed by atoms with Crippen LogP contribution in [0.1, 0.15) is 59.3 Å². The third-order valence-corrected chi connectivity index (χ3v) is 10.4. The van der Waals surface area contributed by atoms with Crippen LogP contribution in [0, 0.1) is 10.8 Å². The van der Waals surface area contributed by atoms with Gasteiger partial charge in [-0.2, -0.15) is 16.8 Å². The van der Waals surface area contributed by atoms with E-state index in [4.69, 9.17) is 33.0 Å². The van der Waals surface area contributed by atoms with Crippen LogP contribution in [0.2, 0.25) is 0 Å². The van der Waals surface area contributed by atoms with Crippen molar-refractivity contribution >= 4 is 26.7 Å². The van der Waals surface area contributed by atoms with Crippen LogP contribution in [0.5, 0.6) is 0 Å². The molecule has 2 fully saturated rings. The number of aliphatic hydroxyl groups excluding tert-OH is 7. The Bertz CT molecular complexity index is 1380. The van der Waals surface area contributed by atoms with Crippen LogP contribution in [0.4, 0.5) is 0 Å². The van der Waals surface area contributed by atoms with Crippen molar-refractivity contribution in [3.05, 3.63) is 0 Å². The lowest BCUT2D eigenvalue weighted by Crippen LogP contribution is -2.68. The highest BCUT2D eigenvalue weighted by molar-refractivity contribution is 7.81. The maximum absolute atomic E-state index is 12.7. The maximum Gasteiger partial charge on any atom is 0.397 e. The first-order valence-corrected chi connectivity index (χ1v) is 21.2. The molecule has 2 heterocycles. The quantitative estimate of drug-likeness (QED) is 0.0273. The molecule has 2 saturated heterocycles. The smallest absolute Gasteiger partial charge is 0.396 e. The van der Waals surface area contributed by atoms with Gasteiger partial charge in [-0.3, -0.25) is 13.9 Å². The molecule has 25 heteroatoms. The van der Waals surface area contributed by atoms with Crippen LogP contribution in [0.25, 0.3) is 0 Å². The summed E-state index contributed by atoms with van der Waals surface area (Å²) in [4.78, 5) is 12.7. The molecule has 0 unspecified atom stereocenters. The van der Waals surface area contributed by atoms with Crippen LogP contribution >= 0.6 is 0 Å². The molecule has 0 aliphatic carbocycles. The van der Waals surface area contributed by atoms with E-state index in [-0.39, 0.29) is 6.61 Å². The summed E-state index contributed by atoms with van der Waals surface area (Å²) in [6.07, 6.45) is -8.58. The predicted molar refractivity (Wildman–Crippen MR) is 192 cm³/mol. The highest BCUT2D eigenvalue weighted by Gasteiger charge is 2.53. The SMILES string of the molecule is CCCCCCCCO[C@H]1O[C@@H](COCC(CO)(CO)COS(=O)(=O)O)[C@@H](OCC(CO)(CO)COS(=O)(=O)O)[C@H](O[C@@H]2O[C@@H](C)[C@@H](O)[C@H](O)[C@@H]2O)[C@@H]1NC(C)=O. The first-order valence-electron chi connectivity index (χ1n) is 18.5. The molecular formula is C32H61NO22S2. The summed E-state index contributed by atoms with van der Waals surface area (Å²) in [5, 5.41) is 75.0. The van der Waals surface area contributed by atoms with Gasteiger partial charge in [-0.15, -0.1) is 0 Å². The third-order valence-electron chi connectivity index (χ3n) is 9.54. The number of aliphatic hydroxyl groups is 7. The van der Waals surface area contributed by atoms with Crippen molar-refractivity contribution in [3.8, 4) is 0 Å². The maximum atomic E-state index is 12.7. The second kappa shape index (κ2) is 24.2. The largest absolute Gasteiger partial charge is 0.397 e. The van der Waals surface area contributed by atoms with E-state index in [0.717, 1.165) is 39.0 Å². The molecule has 23 nitrogen and oxygen atoms in total. The Morgan fingerprint density at radius 2 is 1.25 bits per heavy atom. The average molecular weight is 876 g/mol. The molecule has 0 aromatic heterocycles. The van der Waals surface area contributed by atoms with E-state index >= 15 is 0 Å². The fourth-order valence-electron chi connectivity index (χ4n) is 5.91. The highest BCUT2D eigenvalue weighted by Crippen LogP contribution is 2.33. The topological polar surface area (TPSA) is 353 Å². The zero-order valence-corrected chi connectivity index (χ0v) is 33.9. The van der Waals surface area contributed by atoms with Gasteiger partial charge in [0.25, 0.3) is 0 Å². The Morgan fingerprint density at radius 3 is 1.77 bits per heavy atom. The van der Waals surface area contributed by atoms with E-state index in [0.29, 0.717) is 6.42 Å². The summed E-state index contributed by atoms with van der Waals surface area (Å²) in [7, 11) is -10.1. The van der Waals surface area contributed by atoms with E-state index in [1.165, 1.54) is 6.92 Å². The molecule has 0 aromatic rings. The van der Waals surface area contributed by atoms with Crippen LogP contribution < -0.4 is 5.32 Å².